The van der Waals surface area contributed by atoms with Gasteiger partial charge in [0.05, 0.1) is 7.05 Å². The lowest BCUT2D eigenvalue weighted by atomic mass is 10.0. The molecule has 3 aromatic rings. The lowest BCUT2D eigenvalue weighted by molar-refractivity contribution is -0.862. The Morgan fingerprint density at radius 2 is 1.32 bits per heavy atom. The fourth-order valence-corrected chi connectivity index (χ4v) is 3.83. The zero-order chi connectivity index (χ0) is 22.4. The molecule has 1 atom stereocenters. The normalized spacial score (nSPS) is 11.6. The second-order valence-electron chi connectivity index (χ2n) is 8.09. The molecule has 2 amide bonds. The second kappa shape index (κ2) is 10.0. The van der Waals surface area contributed by atoms with Gasteiger partial charge >= 0.3 is 0 Å². The van der Waals surface area contributed by atoms with Crippen LogP contribution < -0.4 is 15.5 Å². The fourth-order valence-electron chi connectivity index (χ4n) is 3.83. The number of hydrogen-bond acceptors (Lipinski definition) is 2. The van der Waals surface area contributed by atoms with Crippen LogP contribution >= 0.6 is 0 Å². The van der Waals surface area contributed by atoms with Crippen molar-refractivity contribution >= 4 is 23.2 Å². The van der Waals surface area contributed by atoms with Gasteiger partial charge in [-0.1, -0.05) is 66.2 Å². The number of quaternary nitrogens is 1. The molecule has 0 spiro atoms. The highest BCUT2D eigenvalue weighted by molar-refractivity contribution is 5.96. The van der Waals surface area contributed by atoms with Crippen LogP contribution in [0.4, 0.5) is 11.4 Å². The quantitative estimate of drug-likeness (QED) is 0.553. The largest absolute Gasteiger partial charge is 0.322 e. The molecule has 5 nitrogen and oxygen atoms in total. The van der Waals surface area contributed by atoms with Crippen molar-refractivity contribution in [2.24, 2.45) is 0 Å². The van der Waals surface area contributed by atoms with Crippen LogP contribution in [0.1, 0.15) is 16.7 Å². The number of amides is 2. The molecule has 5 heteroatoms. The minimum Gasteiger partial charge on any atom is -0.322 e. The number of likely N-dealkylation sites (N-methyl/N-ethyl adjacent to an activating group) is 1. The van der Waals surface area contributed by atoms with Gasteiger partial charge in [0, 0.05) is 16.9 Å². The van der Waals surface area contributed by atoms with Crippen LogP contribution in [0.2, 0.25) is 0 Å². The molecule has 3 N–H and O–H groups in total. The van der Waals surface area contributed by atoms with Gasteiger partial charge < -0.3 is 15.5 Å². The van der Waals surface area contributed by atoms with E-state index in [4.69, 9.17) is 0 Å². The smallest absolute Gasteiger partial charge is 0.279 e. The first-order chi connectivity index (χ1) is 14.8. The molecule has 0 heterocycles. The van der Waals surface area contributed by atoms with Crippen LogP contribution in [0.3, 0.4) is 0 Å². The van der Waals surface area contributed by atoms with Crippen molar-refractivity contribution in [3.05, 3.63) is 83.4 Å². The maximum absolute atomic E-state index is 12.6. The number of para-hydroxylation sites is 1. The number of carbonyl (C=O) groups is 2. The number of carbonyl (C=O) groups excluding carboxylic acids is 2. The van der Waals surface area contributed by atoms with Gasteiger partial charge in [-0.05, 0) is 43.5 Å². The molecule has 1 unspecified atom stereocenters. The Morgan fingerprint density at radius 1 is 0.774 bits per heavy atom. The summed E-state index contributed by atoms with van der Waals surface area (Å²) in [7, 11) is 1.84. The van der Waals surface area contributed by atoms with Gasteiger partial charge in [0.1, 0.15) is 0 Å². The number of aryl methyl sites for hydroxylation is 3. The molecule has 0 bridgehead atoms. The van der Waals surface area contributed by atoms with Crippen LogP contribution in [0, 0.1) is 20.8 Å². The first-order valence-electron chi connectivity index (χ1n) is 10.5. The van der Waals surface area contributed by atoms with Gasteiger partial charge in [-0.15, -0.1) is 0 Å². The van der Waals surface area contributed by atoms with E-state index in [2.05, 4.69) is 22.8 Å². The van der Waals surface area contributed by atoms with Crippen LogP contribution in [0.15, 0.2) is 66.7 Å². The molecule has 0 aliphatic rings. The van der Waals surface area contributed by atoms with Gasteiger partial charge in [-0.25, -0.2) is 0 Å². The van der Waals surface area contributed by atoms with Gasteiger partial charge in [0.25, 0.3) is 11.8 Å². The molecule has 3 rings (SSSR count). The summed E-state index contributed by atoms with van der Waals surface area (Å²) in [6.45, 7) is 6.43. The van der Waals surface area contributed by atoms with Gasteiger partial charge in [-0.2, -0.15) is 0 Å². The molecule has 0 radical (unpaired) electrons. The summed E-state index contributed by atoms with van der Waals surface area (Å²) >= 11 is 0. The third-order valence-electron chi connectivity index (χ3n) is 5.15. The van der Waals surface area contributed by atoms with E-state index in [1.807, 2.05) is 82.4 Å². The highest BCUT2D eigenvalue weighted by Crippen LogP contribution is 2.27. The molecule has 31 heavy (non-hydrogen) atoms. The van der Waals surface area contributed by atoms with Crippen LogP contribution in [-0.4, -0.2) is 32.0 Å². The summed E-state index contributed by atoms with van der Waals surface area (Å²) in [4.78, 5) is 26.0. The number of benzene rings is 3. The van der Waals surface area contributed by atoms with E-state index in [-0.39, 0.29) is 24.9 Å². The van der Waals surface area contributed by atoms with Crippen molar-refractivity contribution in [3.8, 4) is 11.1 Å². The monoisotopic (exact) mass is 416 g/mol. The Bertz CT molecular complexity index is 1050. The SMILES string of the molecule is Cc1cc(C)c(NC(=O)C[NH+](C)CC(=O)Nc2ccccc2-c2ccccc2)c(C)c1. The predicted molar refractivity (Wildman–Crippen MR) is 126 cm³/mol. The molecule has 0 aromatic heterocycles. The number of hydrogen-bond donors (Lipinski definition) is 3. The average Bonchev–Trinajstić information content (AvgIpc) is 2.71. The highest BCUT2D eigenvalue weighted by atomic mass is 16.2. The Hall–Kier alpha value is -3.44. The van der Waals surface area contributed by atoms with Crippen molar-refractivity contribution in [2.75, 3.05) is 30.8 Å². The molecule has 0 saturated heterocycles. The summed E-state index contributed by atoms with van der Waals surface area (Å²) in [5, 5.41) is 5.99. The minimum absolute atomic E-state index is 0.106. The first-order valence-corrected chi connectivity index (χ1v) is 10.5. The van der Waals surface area contributed by atoms with Crippen molar-refractivity contribution in [2.45, 2.75) is 20.8 Å². The summed E-state index contributed by atoms with van der Waals surface area (Å²) in [6.07, 6.45) is 0. The summed E-state index contributed by atoms with van der Waals surface area (Å²) in [6, 6.07) is 21.8. The van der Waals surface area contributed by atoms with E-state index < -0.39 is 0 Å². The van der Waals surface area contributed by atoms with E-state index in [9.17, 15) is 9.59 Å². The zero-order valence-corrected chi connectivity index (χ0v) is 18.6. The number of nitrogens with one attached hydrogen (secondary N) is 3. The van der Waals surface area contributed by atoms with Gasteiger partial charge in [0.15, 0.2) is 13.1 Å². The zero-order valence-electron chi connectivity index (χ0n) is 18.6. The fraction of sp³-hybridized carbons (Fsp3) is 0.231. The number of rotatable bonds is 7. The number of anilines is 2. The Kier molecular flexibility index (Phi) is 7.21. The van der Waals surface area contributed by atoms with Crippen LogP contribution in [-0.2, 0) is 9.59 Å². The van der Waals surface area contributed by atoms with Gasteiger partial charge in [0.2, 0.25) is 0 Å². The molecule has 0 saturated carbocycles. The Labute approximate surface area is 184 Å². The summed E-state index contributed by atoms with van der Waals surface area (Å²) < 4.78 is 0. The molecule has 3 aromatic carbocycles. The lowest BCUT2D eigenvalue weighted by Crippen LogP contribution is -3.11. The third-order valence-corrected chi connectivity index (χ3v) is 5.15. The molecule has 160 valence electrons. The molecular formula is C26H30N3O2+. The van der Waals surface area contributed by atoms with Crippen LogP contribution in [0.25, 0.3) is 11.1 Å². The Balaban J connectivity index is 1.59. The summed E-state index contributed by atoms with van der Waals surface area (Å²) in [5.74, 6) is -0.235. The van der Waals surface area contributed by atoms with E-state index in [1.54, 1.807) is 0 Å². The minimum atomic E-state index is -0.128. The summed E-state index contributed by atoms with van der Waals surface area (Å²) in [5.41, 5.74) is 6.88. The van der Waals surface area contributed by atoms with E-state index in [1.165, 1.54) is 5.56 Å². The van der Waals surface area contributed by atoms with Crippen molar-refractivity contribution < 1.29 is 14.5 Å². The van der Waals surface area contributed by atoms with E-state index in [0.717, 1.165) is 38.5 Å². The molecule has 0 fully saturated rings. The molecule has 0 aliphatic heterocycles. The van der Waals surface area contributed by atoms with E-state index >= 15 is 0 Å². The predicted octanol–water partition coefficient (Wildman–Crippen LogP) is 3.37. The first kappa shape index (κ1) is 22.2. The average molecular weight is 417 g/mol. The molecule has 0 aliphatic carbocycles. The highest BCUT2D eigenvalue weighted by Gasteiger charge is 2.17. The van der Waals surface area contributed by atoms with Crippen molar-refractivity contribution in [1.29, 1.82) is 0 Å². The third kappa shape index (κ3) is 6.03. The lowest BCUT2D eigenvalue weighted by Gasteiger charge is -2.17. The van der Waals surface area contributed by atoms with Crippen molar-refractivity contribution in [3.63, 3.8) is 0 Å². The standard InChI is InChI=1S/C26H29N3O2/c1-18-14-19(2)26(20(3)15-18)28-25(31)17-29(4)16-24(30)27-23-13-9-8-12-22(23)21-10-6-5-7-11-21/h5-15H,16-17H2,1-4H3,(H,27,30)(H,28,31)/p+1. The second-order valence-corrected chi connectivity index (χ2v) is 8.09. The van der Waals surface area contributed by atoms with E-state index in [0.29, 0.717) is 0 Å². The van der Waals surface area contributed by atoms with Crippen molar-refractivity contribution in [1.82, 2.24) is 0 Å². The topological polar surface area (TPSA) is 62.6 Å². The molecular weight excluding hydrogens is 386 g/mol. The Morgan fingerprint density at radius 3 is 1.97 bits per heavy atom. The maximum atomic E-state index is 12.6. The van der Waals surface area contributed by atoms with Gasteiger partial charge in [-0.3, -0.25) is 9.59 Å². The maximum Gasteiger partial charge on any atom is 0.279 e. The van der Waals surface area contributed by atoms with Crippen LogP contribution in [0.5, 0.6) is 0 Å².